The minimum Gasteiger partial charge on any atom is -0.340 e. The normalized spacial score (nSPS) is 10.5. The van der Waals surface area contributed by atoms with Crippen molar-refractivity contribution in [1.82, 2.24) is 4.98 Å². The van der Waals surface area contributed by atoms with Gasteiger partial charge >= 0.3 is 0 Å². The summed E-state index contributed by atoms with van der Waals surface area (Å²) >= 11 is 0. The number of anilines is 3. The first-order chi connectivity index (χ1) is 13.1. The van der Waals surface area contributed by atoms with E-state index in [1.54, 1.807) is 12.4 Å². The Balaban J connectivity index is 1.82. The van der Waals surface area contributed by atoms with Crippen LogP contribution in [0.25, 0.3) is 0 Å². The third kappa shape index (κ3) is 4.53. The third-order valence-electron chi connectivity index (χ3n) is 4.55. The van der Waals surface area contributed by atoms with Crippen molar-refractivity contribution >= 4 is 23.0 Å². The molecule has 138 valence electrons. The maximum absolute atomic E-state index is 12.7. The standard InChI is InChI=1S/C23H25N3O/c1-4-18-9-11-20(12-10-18)25-23(27)19-14-22(16-24-15-19)26(5-2)21-8-6-7-17(3)13-21/h6-16H,4-5H2,1-3H3,(H,25,27). The van der Waals surface area contributed by atoms with E-state index >= 15 is 0 Å². The number of pyridine rings is 1. The highest BCUT2D eigenvalue weighted by Gasteiger charge is 2.12. The lowest BCUT2D eigenvalue weighted by Gasteiger charge is -2.23. The molecular formula is C23H25N3O. The van der Waals surface area contributed by atoms with Crippen LogP contribution in [0.1, 0.15) is 35.3 Å². The van der Waals surface area contributed by atoms with Gasteiger partial charge in [0.15, 0.2) is 0 Å². The van der Waals surface area contributed by atoms with Crippen molar-refractivity contribution in [3.05, 3.63) is 83.7 Å². The lowest BCUT2D eigenvalue weighted by Crippen LogP contribution is -2.18. The first kappa shape index (κ1) is 18.6. The summed E-state index contributed by atoms with van der Waals surface area (Å²) in [4.78, 5) is 19.1. The second-order valence-corrected chi connectivity index (χ2v) is 6.52. The lowest BCUT2D eigenvalue weighted by atomic mass is 10.1. The minimum absolute atomic E-state index is 0.158. The second-order valence-electron chi connectivity index (χ2n) is 6.52. The third-order valence-corrected chi connectivity index (χ3v) is 4.55. The number of aryl methyl sites for hydroxylation is 2. The van der Waals surface area contributed by atoms with Crippen LogP contribution in [0.5, 0.6) is 0 Å². The van der Waals surface area contributed by atoms with Gasteiger partial charge in [0.1, 0.15) is 0 Å². The molecule has 2 aromatic carbocycles. The molecule has 27 heavy (non-hydrogen) atoms. The molecule has 0 aliphatic rings. The number of hydrogen-bond donors (Lipinski definition) is 1. The number of nitrogens with one attached hydrogen (secondary N) is 1. The SMILES string of the molecule is CCc1ccc(NC(=O)c2cncc(N(CC)c3cccc(C)c3)c2)cc1. The topological polar surface area (TPSA) is 45.2 Å². The molecular weight excluding hydrogens is 334 g/mol. The Morgan fingerprint density at radius 1 is 1.00 bits per heavy atom. The molecule has 0 saturated heterocycles. The first-order valence-corrected chi connectivity index (χ1v) is 9.30. The van der Waals surface area contributed by atoms with Gasteiger partial charge in [0.25, 0.3) is 5.91 Å². The fraction of sp³-hybridized carbons (Fsp3) is 0.217. The summed E-state index contributed by atoms with van der Waals surface area (Å²) in [6, 6.07) is 18.1. The molecule has 0 spiro atoms. The van der Waals surface area contributed by atoms with Gasteiger partial charge in [-0.2, -0.15) is 0 Å². The molecule has 0 fully saturated rings. The van der Waals surface area contributed by atoms with Crippen LogP contribution < -0.4 is 10.2 Å². The molecule has 0 bridgehead atoms. The number of hydrogen-bond acceptors (Lipinski definition) is 3. The Bertz CT molecular complexity index is 919. The van der Waals surface area contributed by atoms with Gasteiger partial charge in [-0.25, -0.2) is 0 Å². The highest BCUT2D eigenvalue weighted by molar-refractivity contribution is 6.04. The number of nitrogens with zero attached hydrogens (tertiary/aromatic N) is 2. The van der Waals surface area contributed by atoms with E-state index in [1.807, 2.05) is 36.4 Å². The number of carbonyl (C=O) groups excluding carboxylic acids is 1. The second kappa shape index (κ2) is 8.49. The number of rotatable bonds is 6. The number of aromatic nitrogens is 1. The molecule has 0 saturated carbocycles. The van der Waals surface area contributed by atoms with Gasteiger partial charge in [-0.3, -0.25) is 9.78 Å². The van der Waals surface area contributed by atoms with Gasteiger partial charge in [0.05, 0.1) is 17.4 Å². The predicted octanol–water partition coefficient (Wildman–Crippen LogP) is 5.36. The van der Waals surface area contributed by atoms with Crippen LogP contribution >= 0.6 is 0 Å². The van der Waals surface area contributed by atoms with E-state index in [-0.39, 0.29) is 5.91 Å². The van der Waals surface area contributed by atoms with Crippen LogP contribution in [0.15, 0.2) is 67.0 Å². The van der Waals surface area contributed by atoms with Crippen LogP contribution in [-0.4, -0.2) is 17.4 Å². The van der Waals surface area contributed by atoms with Gasteiger partial charge in [-0.05, 0) is 61.7 Å². The zero-order chi connectivity index (χ0) is 19.2. The summed E-state index contributed by atoms with van der Waals surface area (Å²) < 4.78 is 0. The molecule has 1 aromatic heterocycles. The molecule has 1 heterocycles. The van der Waals surface area contributed by atoms with Gasteiger partial charge in [-0.1, -0.05) is 31.2 Å². The molecule has 0 aliphatic carbocycles. The monoisotopic (exact) mass is 359 g/mol. The molecule has 1 N–H and O–H groups in total. The zero-order valence-corrected chi connectivity index (χ0v) is 16.1. The lowest BCUT2D eigenvalue weighted by molar-refractivity contribution is 0.102. The van der Waals surface area contributed by atoms with E-state index in [9.17, 15) is 4.79 Å². The number of carbonyl (C=O) groups is 1. The number of amides is 1. The molecule has 4 heteroatoms. The zero-order valence-electron chi connectivity index (χ0n) is 16.1. The summed E-state index contributed by atoms with van der Waals surface area (Å²) in [5.74, 6) is -0.158. The molecule has 0 atom stereocenters. The molecule has 4 nitrogen and oxygen atoms in total. The van der Waals surface area contributed by atoms with E-state index in [4.69, 9.17) is 0 Å². The van der Waals surface area contributed by atoms with Crippen molar-refractivity contribution in [3.8, 4) is 0 Å². The Labute approximate surface area is 160 Å². The summed E-state index contributed by atoms with van der Waals surface area (Å²) in [7, 11) is 0. The van der Waals surface area contributed by atoms with Gasteiger partial charge in [0, 0.05) is 24.1 Å². The largest absolute Gasteiger partial charge is 0.340 e. The number of benzene rings is 2. The first-order valence-electron chi connectivity index (χ1n) is 9.30. The molecule has 1 amide bonds. The van der Waals surface area contributed by atoms with E-state index in [0.717, 1.165) is 30.0 Å². The van der Waals surface area contributed by atoms with Crippen molar-refractivity contribution in [2.24, 2.45) is 0 Å². The minimum atomic E-state index is -0.158. The Kier molecular flexibility index (Phi) is 5.87. The molecule has 0 unspecified atom stereocenters. The van der Waals surface area contributed by atoms with Crippen LogP contribution in [0, 0.1) is 6.92 Å². The summed E-state index contributed by atoms with van der Waals surface area (Å²) in [5, 5.41) is 2.95. The highest BCUT2D eigenvalue weighted by atomic mass is 16.1. The van der Waals surface area contributed by atoms with Crippen molar-refractivity contribution < 1.29 is 4.79 Å². The maximum Gasteiger partial charge on any atom is 0.257 e. The van der Waals surface area contributed by atoms with Crippen molar-refractivity contribution in [1.29, 1.82) is 0 Å². The van der Waals surface area contributed by atoms with Crippen LogP contribution in [0.3, 0.4) is 0 Å². The van der Waals surface area contributed by atoms with Crippen LogP contribution in [0.4, 0.5) is 17.1 Å². The maximum atomic E-state index is 12.7. The highest BCUT2D eigenvalue weighted by Crippen LogP contribution is 2.26. The quantitative estimate of drug-likeness (QED) is 0.644. The summed E-state index contributed by atoms with van der Waals surface area (Å²) in [5.41, 5.74) is 5.76. The van der Waals surface area contributed by atoms with Gasteiger partial charge in [0.2, 0.25) is 0 Å². The summed E-state index contributed by atoms with van der Waals surface area (Å²) in [6.45, 7) is 7.06. The van der Waals surface area contributed by atoms with Crippen molar-refractivity contribution in [2.45, 2.75) is 27.2 Å². The fourth-order valence-corrected chi connectivity index (χ4v) is 3.04. The van der Waals surface area contributed by atoms with Crippen molar-refractivity contribution in [2.75, 3.05) is 16.8 Å². The molecule has 0 radical (unpaired) electrons. The fourth-order valence-electron chi connectivity index (χ4n) is 3.04. The molecule has 3 rings (SSSR count). The average Bonchev–Trinajstić information content (AvgIpc) is 2.69. The Hall–Kier alpha value is -3.14. The van der Waals surface area contributed by atoms with E-state index in [2.05, 4.69) is 54.2 Å². The van der Waals surface area contributed by atoms with Gasteiger partial charge < -0.3 is 10.2 Å². The van der Waals surface area contributed by atoms with Crippen molar-refractivity contribution in [3.63, 3.8) is 0 Å². The van der Waals surface area contributed by atoms with Crippen LogP contribution in [0.2, 0.25) is 0 Å². The molecule has 3 aromatic rings. The van der Waals surface area contributed by atoms with Crippen LogP contribution in [-0.2, 0) is 6.42 Å². The van der Waals surface area contributed by atoms with E-state index in [1.165, 1.54) is 11.1 Å². The smallest absolute Gasteiger partial charge is 0.257 e. The Morgan fingerprint density at radius 3 is 2.44 bits per heavy atom. The predicted molar refractivity (Wildman–Crippen MR) is 112 cm³/mol. The average molecular weight is 359 g/mol. The Morgan fingerprint density at radius 2 is 1.78 bits per heavy atom. The summed E-state index contributed by atoms with van der Waals surface area (Å²) in [6.07, 6.45) is 4.37. The molecule has 0 aliphatic heterocycles. The van der Waals surface area contributed by atoms with E-state index in [0.29, 0.717) is 5.56 Å². The van der Waals surface area contributed by atoms with E-state index < -0.39 is 0 Å². The van der Waals surface area contributed by atoms with Gasteiger partial charge in [-0.15, -0.1) is 0 Å².